The fourth-order valence-corrected chi connectivity index (χ4v) is 6.46. The van der Waals surface area contributed by atoms with Crippen molar-refractivity contribution in [2.75, 3.05) is 32.8 Å². The van der Waals surface area contributed by atoms with E-state index in [1.54, 1.807) is 0 Å². The van der Waals surface area contributed by atoms with E-state index in [0.29, 0.717) is 19.5 Å². The van der Waals surface area contributed by atoms with Crippen LogP contribution in [0.1, 0.15) is 17.5 Å². The maximum Gasteiger partial charge on any atom is 0.329 e. The molecule has 0 saturated carbocycles. The Morgan fingerprint density at radius 3 is 2.47 bits per heavy atom. The van der Waals surface area contributed by atoms with Crippen LogP contribution in [0.2, 0.25) is 0 Å². The summed E-state index contributed by atoms with van der Waals surface area (Å²) in [6.45, 7) is 1.36. The number of fused-ring (bicyclic) bond motifs is 2. The van der Waals surface area contributed by atoms with E-state index in [2.05, 4.69) is 5.32 Å². The quantitative estimate of drug-likeness (QED) is 0.633. The number of carbonyl (C=O) groups is 2. The summed E-state index contributed by atoms with van der Waals surface area (Å²) >= 11 is 0. The molecule has 10 heteroatoms. The molecule has 2 aromatic carbocycles. The number of aryl methyl sites for hydroxylation is 1. The Hall–Kier alpha value is -2.82. The highest BCUT2D eigenvalue weighted by atomic mass is 32.2. The molecule has 1 spiro atoms. The van der Waals surface area contributed by atoms with E-state index in [9.17, 15) is 22.4 Å². The van der Waals surface area contributed by atoms with Crippen LogP contribution in [0.5, 0.6) is 0 Å². The maximum absolute atomic E-state index is 14.0. The second kappa shape index (κ2) is 7.65. The third-order valence-electron chi connectivity index (χ3n) is 6.69. The highest BCUT2D eigenvalue weighted by molar-refractivity contribution is 7.89. The fourth-order valence-electron chi connectivity index (χ4n) is 4.95. The summed E-state index contributed by atoms with van der Waals surface area (Å²) in [6.07, 6.45) is 1.27. The van der Waals surface area contributed by atoms with Crippen molar-refractivity contribution in [2.24, 2.45) is 0 Å². The van der Waals surface area contributed by atoms with Crippen LogP contribution in [0.3, 0.4) is 0 Å². The summed E-state index contributed by atoms with van der Waals surface area (Å²) < 4.78 is 40.9. The monoisotopic (exact) mass is 459 g/mol. The van der Waals surface area contributed by atoms with Crippen LogP contribution in [-0.2, 0) is 26.8 Å². The van der Waals surface area contributed by atoms with Crippen molar-refractivity contribution < 1.29 is 27.3 Å². The molecule has 0 aromatic heterocycles. The van der Waals surface area contributed by atoms with Crippen LogP contribution in [0.4, 0.5) is 9.18 Å². The first-order chi connectivity index (χ1) is 15.3. The van der Waals surface area contributed by atoms with Gasteiger partial charge >= 0.3 is 6.03 Å². The number of urea groups is 1. The number of carbonyl (C=O) groups excluding carboxylic acids is 2. The first-order valence-corrected chi connectivity index (χ1v) is 12.1. The predicted octanol–water partition coefficient (Wildman–Crippen LogP) is 0.0659. The largest absolute Gasteiger partial charge is 0.329 e. The van der Waals surface area contributed by atoms with Gasteiger partial charge in [-0.2, -0.15) is 4.31 Å². The molecule has 2 aromatic rings. The second-order valence-corrected chi connectivity index (χ2v) is 10.4. The molecule has 32 heavy (non-hydrogen) atoms. The average molecular weight is 460 g/mol. The zero-order valence-corrected chi connectivity index (χ0v) is 18.2. The molecule has 1 atom stereocenters. The molecule has 1 aliphatic carbocycles. The van der Waals surface area contributed by atoms with Gasteiger partial charge in [0.05, 0.1) is 26.2 Å². The maximum atomic E-state index is 14.0. The molecule has 0 radical (unpaired) electrons. The molecule has 2 saturated heterocycles. The van der Waals surface area contributed by atoms with Gasteiger partial charge in [0.2, 0.25) is 10.0 Å². The molecule has 5 rings (SSSR count). The summed E-state index contributed by atoms with van der Waals surface area (Å²) in [5, 5.41) is 2.91. The molecule has 2 aliphatic heterocycles. The topological polar surface area (TPSA) is 91.2 Å². The number of rotatable bonds is 4. The number of amides is 3. The Bertz CT molecular complexity index is 1200. The molecule has 168 valence electrons. The lowest BCUT2D eigenvalue weighted by atomic mass is 9.92. The SMILES string of the molecule is O=C1N[C@@]2(CCc3ccccc32)C(=O)N1C[NH+]1CCN(S(=O)(=O)c2ccccc2F)CC1. The van der Waals surface area contributed by atoms with Crippen molar-refractivity contribution in [3.05, 3.63) is 65.5 Å². The second-order valence-electron chi connectivity index (χ2n) is 8.47. The lowest BCUT2D eigenvalue weighted by Gasteiger charge is -2.33. The van der Waals surface area contributed by atoms with E-state index in [0.717, 1.165) is 28.5 Å². The van der Waals surface area contributed by atoms with Crippen molar-refractivity contribution in [3.8, 4) is 0 Å². The van der Waals surface area contributed by atoms with Crippen molar-refractivity contribution in [1.82, 2.24) is 14.5 Å². The molecule has 0 unspecified atom stereocenters. The molecule has 3 amide bonds. The Balaban J connectivity index is 1.27. The Morgan fingerprint density at radius 2 is 1.72 bits per heavy atom. The fraction of sp³-hybridized carbons (Fsp3) is 0.364. The van der Waals surface area contributed by atoms with Gasteiger partial charge in [-0.25, -0.2) is 22.5 Å². The van der Waals surface area contributed by atoms with E-state index in [-0.39, 0.29) is 30.6 Å². The van der Waals surface area contributed by atoms with Gasteiger partial charge in [-0.05, 0) is 36.1 Å². The molecule has 2 fully saturated rings. The zero-order valence-electron chi connectivity index (χ0n) is 17.4. The van der Waals surface area contributed by atoms with Crippen molar-refractivity contribution in [2.45, 2.75) is 23.3 Å². The highest BCUT2D eigenvalue weighted by Crippen LogP contribution is 2.40. The highest BCUT2D eigenvalue weighted by Gasteiger charge is 2.56. The number of halogens is 1. The third kappa shape index (κ3) is 3.21. The zero-order chi connectivity index (χ0) is 22.5. The number of sulfonamides is 1. The van der Waals surface area contributed by atoms with Gasteiger partial charge in [0, 0.05) is 0 Å². The van der Waals surface area contributed by atoms with Crippen LogP contribution in [0.15, 0.2) is 53.4 Å². The van der Waals surface area contributed by atoms with Gasteiger partial charge in [0.1, 0.15) is 16.3 Å². The summed E-state index contributed by atoms with van der Waals surface area (Å²) in [5.41, 5.74) is 0.933. The van der Waals surface area contributed by atoms with Gasteiger partial charge in [-0.15, -0.1) is 0 Å². The van der Waals surface area contributed by atoms with Crippen LogP contribution in [0, 0.1) is 5.82 Å². The van der Waals surface area contributed by atoms with Gasteiger partial charge < -0.3 is 10.2 Å². The minimum absolute atomic E-state index is 0.169. The standard InChI is InChI=1S/C22H23FN4O4S/c23-18-7-3-4-8-19(18)32(30,31)26-13-11-25(12-14-26)15-27-20(28)22(24-21(27)29)10-9-16-5-1-2-6-17(16)22/h1-8H,9-15H2,(H,24,29)/p+1/t22-/m1/s1. The van der Waals surface area contributed by atoms with Crippen molar-refractivity contribution in [3.63, 3.8) is 0 Å². The predicted molar refractivity (Wildman–Crippen MR) is 113 cm³/mol. The third-order valence-corrected chi connectivity index (χ3v) is 8.62. The molecule has 0 bridgehead atoms. The molecule has 8 nitrogen and oxygen atoms in total. The van der Waals surface area contributed by atoms with Gasteiger partial charge in [0.25, 0.3) is 5.91 Å². The molecular weight excluding hydrogens is 435 g/mol. The van der Waals surface area contributed by atoms with E-state index in [1.165, 1.54) is 27.4 Å². The minimum atomic E-state index is -3.93. The number of nitrogens with zero attached hydrogens (tertiary/aromatic N) is 2. The van der Waals surface area contributed by atoms with Crippen molar-refractivity contribution >= 4 is 22.0 Å². The van der Waals surface area contributed by atoms with E-state index in [1.807, 2.05) is 24.3 Å². The first kappa shape index (κ1) is 21.0. The van der Waals surface area contributed by atoms with Crippen LogP contribution < -0.4 is 10.2 Å². The Kier molecular flexibility index (Phi) is 5.03. The van der Waals surface area contributed by atoms with E-state index >= 15 is 0 Å². The molecular formula is C22H24FN4O4S+. The summed E-state index contributed by atoms with van der Waals surface area (Å²) in [5.74, 6) is -1.02. The average Bonchev–Trinajstić information content (AvgIpc) is 3.27. The van der Waals surface area contributed by atoms with Crippen molar-refractivity contribution in [1.29, 1.82) is 0 Å². The van der Waals surface area contributed by atoms with Crippen LogP contribution >= 0.6 is 0 Å². The van der Waals surface area contributed by atoms with Crippen LogP contribution in [-0.4, -0.2) is 62.4 Å². The summed E-state index contributed by atoms with van der Waals surface area (Å²) in [4.78, 5) is 27.9. The number of quaternary nitrogens is 1. The van der Waals surface area contributed by atoms with Gasteiger partial charge in [-0.3, -0.25) is 4.79 Å². The number of benzene rings is 2. The normalized spacial score (nSPS) is 24.2. The minimum Gasteiger partial charge on any atom is -0.319 e. The van der Waals surface area contributed by atoms with E-state index in [4.69, 9.17) is 0 Å². The number of nitrogens with one attached hydrogen (secondary N) is 2. The molecule has 2 N–H and O–H groups in total. The number of piperazine rings is 1. The van der Waals surface area contributed by atoms with E-state index < -0.39 is 27.4 Å². The lowest BCUT2D eigenvalue weighted by Crippen LogP contribution is -3.16. The number of imide groups is 1. The first-order valence-electron chi connectivity index (χ1n) is 10.6. The summed E-state index contributed by atoms with van der Waals surface area (Å²) in [7, 11) is -3.93. The molecule has 2 heterocycles. The van der Waals surface area contributed by atoms with Crippen LogP contribution in [0.25, 0.3) is 0 Å². The Labute approximate surface area is 185 Å². The summed E-state index contributed by atoms with van der Waals surface area (Å²) in [6, 6.07) is 12.6. The lowest BCUT2D eigenvalue weighted by molar-refractivity contribution is -0.910. The van der Waals surface area contributed by atoms with Gasteiger partial charge in [0.15, 0.2) is 6.67 Å². The molecule has 3 aliphatic rings. The smallest absolute Gasteiger partial charge is 0.319 e. The number of hydrogen-bond donors (Lipinski definition) is 2. The Morgan fingerprint density at radius 1 is 1.03 bits per heavy atom. The van der Waals surface area contributed by atoms with Gasteiger partial charge in [-0.1, -0.05) is 36.4 Å². The number of hydrogen-bond acceptors (Lipinski definition) is 4.